The second-order valence-corrected chi connectivity index (χ2v) is 9.13. The standard InChI is InChI=1S/C17H17Br2N3O2S/c1-22-4-3-9-12(7-22)25-17-13(9)16(23)20-15(21-17)10-5-8(18)6-11(19)14(10)24-2/h5-6,15,21H,3-4,7H2,1-2H3,(H,20,23)/t15-/m0/s1. The third-order valence-electron chi connectivity index (χ3n) is 4.58. The lowest BCUT2D eigenvalue weighted by molar-refractivity contribution is 0.0934. The number of carbonyl (C=O) groups is 1. The van der Waals surface area contributed by atoms with Crippen LogP contribution >= 0.6 is 43.2 Å². The molecule has 2 aliphatic heterocycles. The van der Waals surface area contributed by atoms with Crippen molar-refractivity contribution in [3.8, 4) is 5.75 Å². The summed E-state index contributed by atoms with van der Waals surface area (Å²) in [7, 11) is 3.75. The molecule has 1 aromatic carbocycles. The number of carbonyl (C=O) groups excluding carboxylic acids is 1. The third-order valence-corrected chi connectivity index (χ3v) is 6.77. The summed E-state index contributed by atoms with van der Waals surface area (Å²) in [5, 5.41) is 7.53. The van der Waals surface area contributed by atoms with Crippen molar-refractivity contribution in [2.45, 2.75) is 19.1 Å². The molecule has 0 aliphatic carbocycles. The Balaban J connectivity index is 1.75. The molecule has 1 atom stereocenters. The molecule has 0 spiro atoms. The lowest BCUT2D eigenvalue weighted by Gasteiger charge is -2.28. The van der Waals surface area contributed by atoms with Crippen LogP contribution in [0.4, 0.5) is 5.00 Å². The number of fused-ring (bicyclic) bond motifs is 3. The molecule has 1 aromatic heterocycles. The molecule has 0 bridgehead atoms. The van der Waals surface area contributed by atoms with Gasteiger partial charge in [0.2, 0.25) is 0 Å². The summed E-state index contributed by atoms with van der Waals surface area (Å²) in [6.07, 6.45) is 0.588. The Morgan fingerprint density at radius 2 is 2.12 bits per heavy atom. The maximum absolute atomic E-state index is 12.8. The van der Waals surface area contributed by atoms with Gasteiger partial charge in [0.15, 0.2) is 0 Å². The minimum atomic E-state index is -0.332. The molecule has 2 aromatic rings. The Morgan fingerprint density at radius 1 is 1.32 bits per heavy atom. The first-order valence-electron chi connectivity index (χ1n) is 7.91. The molecule has 2 aliphatic rings. The summed E-state index contributed by atoms with van der Waals surface area (Å²) in [4.78, 5) is 16.4. The van der Waals surface area contributed by atoms with E-state index in [9.17, 15) is 4.79 Å². The predicted molar refractivity (Wildman–Crippen MR) is 107 cm³/mol. The Morgan fingerprint density at radius 3 is 2.88 bits per heavy atom. The van der Waals surface area contributed by atoms with Gasteiger partial charge in [0.05, 0.1) is 17.1 Å². The summed E-state index contributed by atoms with van der Waals surface area (Å²) in [5.74, 6) is 0.699. The van der Waals surface area contributed by atoms with Crippen LogP contribution in [0.3, 0.4) is 0 Å². The quantitative estimate of drug-likeness (QED) is 0.670. The van der Waals surface area contributed by atoms with Crippen molar-refractivity contribution in [3.63, 3.8) is 0 Å². The van der Waals surface area contributed by atoms with Crippen LogP contribution in [0.5, 0.6) is 5.75 Å². The molecule has 0 unspecified atom stereocenters. The monoisotopic (exact) mass is 485 g/mol. The molecule has 0 saturated heterocycles. The topological polar surface area (TPSA) is 53.6 Å². The highest BCUT2D eigenvalue weighted by atomic mass is 79.9. The number of anilines is 1. The Kier molecular flexibility index (Phi) is 4.56. The van der Waals surface area contributed by atoms with E-state index >= 15 is 0 Å². The number of methoxy groups -OCH3 is 1. The second-order valence-electron chi connectivity index (χ2n) is 6.26. The molecule has 0 saturated carbocycles. The fourth-order valence-electron chi connectivity index (χ4n) is 3.41. The average molecular weight is 487 g/mol. The number of likely N-dealkylation sites (N-methyl/N-ethyl adjacent to an activating group) is 1. The van der Waals surface area contributed by atoms with E-state index in [2.05, 4.69) is 54.4 Å². The Hall–Kier alpha value is -1.09. The predicted octanol–water partition coefficient (Wildman–Crippen LogP) is 4.12. The van der Waals surface area contributed by atoms with E-state index in [0.717, 1.165) is 44.6 Å². The number of nitrogens with one attached hydrogen (secondary N) is 2. The summed E-state index contributed by atoms with van der Waals surface area (Å²) < 4.78 is 7.30. The zero-order valence-electron chi connectivity index (χ0n) is 13.8. The number of rotatable bonds is 2. The van der Waals surface area contributed by atoms with E-state index in [0.29, 0.717) is 5.75 Å². The highest BCUT2D eigenvalue weighted by molar-refractivity contribution is 9.11. The fourth-order valence-corrected chi connectivity index (χ4v) is 6.18. The zero-order valence-corrected chi connectivity index (χ0v) is 17.8. The molecule has 3 heterocycles. The van der Waals surface area contributed by atoms with Crippen molar-refractivity contribution in [1.82, 2.24) is 10.2 Å². The molecule has 5 nitrogen and oxygen atoms in total. The maximum atomic E-state index is 12.8. The van der Waals surface area contributed by atoms with Crippen LogP contribution < -0.4 is 15.4 Å². The number of hydrogen-bond donors (Lipinski definition) is 2. The molecule has 0 fully saturated rings. The van der Waals surface area contributed by atoms with Gasteiger partial charge in [-0.2, -0.15) is 0 Å². The van der Waals surface area contributed by atoms with Gasteiger partial charge < -0.3 is 20.3 Å². The van der Waals surface area contributed by atoms with Crippen LogP contribution in [0, 0.1) is 0 Å². The SMILES string of the molecule is COc1c(Br)cc(Br)cc1[C@H]1NC(=O)c2c(sc3c2CCN(C)C3)N1. The molecule has 132 valence electrons. The minimum Gasteiger partial charge on any atom is -0.495 e. The van der Waals surface area contributed by atoms with E-state index in [1.807, 2.05) is 12.1 Å². The molecule has 4 rings (SSSR count). The first kappa shape index (κ1) is 17.3. The summed E-state index contributed by atoms with van der Waals surface area (Å²) in [6, 6.07) is 3.89. The largest absolute Gasteiger partial charge is 0.495 e. The lowest BCUT2D eigenvalue weighted by Crippen LogP contribution is -2.39. The number of hydrogen-bond acceptors (Lipinski definition) is 5. The number of amides is 1. The normalized spacial score (nSPS) is 19.7. The van der Waals surface area contributed by atoms with Crippen LogP contribution in [0.1, 0.15) is 32.5 Å². The van der Waals surface area contributed by atoms with E-state index < -0.39 is 0 Å². The summed E-state index contributed by atoms with van der Waals surface area (Å²) >= 11 is 8.73. The molecule has 2 N–H and O–H groups in total. The van der Waals surface area contributed by atoms with E-state index in [1.54, 1.807) is 18.4 Å². The molecule has 0 radical (unpaired) electrons. The number of nitrogens with zero attached hydrogens (tertiary/aromatic N) is 1. The fraction of sp³-hybridized carbons (Fsp3) is 0.353. The minimum absolute atomic E-state index is 0.0149. The lowest BCUT2D eigenvalue weighted by atomic mass is 10.0. The first-order valence-corrected chi connectivity index (χ1v) is 10.3. The molecular weight excluding hydrogens is 470 g/mol. The smallest absolute Gasteiger partial charge is 0.256 e. The van der Waals surface area contributed by atoms with Crippen molar-refractivity contribution in [1.29, 1.82) is 0 Å². The van der Waals surface area contributed by atoms with Gasteiger partial charge in [-0.25, -0.2) is 0 Å². The van der Waals surface area contributed by atoms with Gasteiger partial charge in [-0.3, -0.25) is 4.79 Å². The van der Waals surface area contributed by atoms with Crippen molar-refractivity contribution >= 4 is 54.1 Å². The summed E-state index contributed by atoms with van der Waals surface area (Å²) in [6.45, 7) is 1.89. The average Bonchev–Trinajstić information content (AvgIpc) is 2.91. The number of thiophene rings is 1. The van der Waals surface area contributed by atoms with Crippen LogP contribution in [0.2, 0.25) is 0 Å². The van der Waals surface area contributed by atoms with Gasteiger partial charge in [-0.05, 0) is 47.1 Å². The van der Waals surface area contributed by atoms with Crippen molar-refractivity contribution < 1.29 is 9.53 Å². The van der Waals surface area contributed by atoms with Crippen LogP contribution in [0.15, 0.2) is 21.1 Å². The Bertz CT molecular complexity index is 868. The van der Waals surface area contributed by atoms with Crippen LogP contribution in [-0.2, 0) is 13.0 Å². The molecule has 25 heavy (non-hydrogen) atoms. The van der Waals surface area contributed by atoms with Gasteiger partial charge in [-0.1, -0.05) is 15.9 Å². The zero-order chi connectivity index (χ0) is 17.7. The van der Waals surface area contributed by atoms with E-state index in [-0.39, 0.29) is 12.1 Å². The molecule has 8 heteroatoms. The third kappa shape index (κ3) is 2.99. The highest BCUT2D eigenvalue weighted by Gasteiger charge is 2.34. The van der Waals surface area contributed by atoms with E-state index in [4.69, 9.17) is 4.74 Å². The molecule has 1 amide bonds. The van der Waals surface area contributed by atoms with Gasteiger partial charge in [0.1, 0.15) is 16.9 Å². The molecular formula is C17H17Br2N3O2S. The summed E-state index contributed by atoms with van der Waals surface area (Å²) in [5.41, 5.74) is 2.90. The number of ether oxygens (including phenoxy) is 1. The van der Waals surface area contributed by atoms with Crippen molar-refractivity contribution in [3.05, 3.63) is 42.6 Å². The van der Waals surface area contributed by atoms with Gasteiger partial charge in [0, 0.05) is 28.0 Å². The van der Waals surface area contributed by atoms with Gasteiger partial charge >= 0.3 is 0 Å². The van der Waals surface area contributed by atoms with Crippen LogP contribution in [0.25, 0.3) is 0 Å². The highest BCUT2D eigenvalue weighted by Crippen LogP contribution is 2.43. The first-order chi connectivity index (χ1) is 12.0. The number of benzene rings is 1. The van der Waals surface area contributed by atoms with Crippen molar-refractivity contribution in [2.24, 2.45) is 0 Å². The van der Waals surface area contributed by atoms with Gasteiger partial charge in [-0.15, -0.1) is 11.3 Å². The van der Waals surface area contributed by atoms with Gasteiger partial charge in [0.25, 0.3) is 5.91 Å². The number of halogens is 2. The van der Waals surface area contributed by atoms with Crippen molar-refractivity contribution in [2.75, 3.05) is 26.0 Å². The maximum Gasteiger partial charge on any atom is 0.256 e. The van der Waals surface area contributed by atoms with E-state index in [1.165, 1.54) is 10.4 Å². The Labute approximate surface area is 167 Å². The second kappa shape index (κ2) is 6.57. The van der Waals surface area contributed by atoms with Crippen LogP contribution in [-0.4, -0.2) is 31.5 Å².